The van der Waals surface area contributed by atoms with Crippen molar-refractivity contribution in [1.29, 1.82) is 0 Å². The van der Waals surface area contributed by atoms with Gasteiger partial charge in [-0.1, -0.05) is 139 Å². The largest absolute Gasteiger partial charge is 0.0683 e. The molecule has 0 radical (unpaired) electrons. The lowest BCUT2D eigenvalue weighted by molar-refractivity contribution is 0.509. The molecule has 0 N–H and O–H groups in total. The molecule has 0 aliphatic rings. The van der Waals surface area contributed by atoms with Crippen molar-refractivity contribution in [3.05, 3.63) is 108 Å². The van der Waals surface area contributed by atoms with Gasteiger partial charge >= 0.3 is 0 Å². The van der Waals surface area contributed by atoms with E-state index in [9.17, 15) is 0 Å². The zero-order valence-electron chi connectivity index (χ0n) is 22.9. The lowest BCUT2D eigenvalue weighted by Gasteiger charge is -2.14. The van der Waals surface area contributed by atoms with Crippen LogP contribution in [-0.2, 0) is 0 Å². The molecular formula is C35H44. The van der Waals surface area contributed by atoms with Crippen molar-refractivity contribution in [2.45, 2.75) is 67.7 Å². The predicted molar refractivity (Wildman–Crippen MR) is 158 cm³/mol. The summed E-state index contributed by atoms with van der Waals surface area (Å²) in [6.07, 6.45) is 4.08. The predicted octanol–water partition coefficient (Wildman–Crippen LogP) is 11.2. The smallest absolute Gasteiger partial charge is 0.0146 e. The lowest BCUT2D eigenvalue weighted by atomic mass is 9.90. The van der Waals surface area contributed by atoms with Crippen LogP contribution in [0, 0.1) is 19.8 Å². The van der Waals surface area contributed by atoms with Crippen molar-refractivity contribution in [2.24, 2.45) is 5.92 Å². The highest BCUT2D eigenvalue weighted by molar-refractivity contribution is 5.80. The molecule has 0 bridgehead atoms. The molecule has 0 heterocycles. The molecule has 0 spiro atoms. The molecule has 0 saturated carbocycles. The number of benzene rings is 4. The summed E-state index contributed by atoms with van der Waals surface area (Å²) in [5.41, 5.74) is 10.3. The molecule has 0 heteroatoms. The maximum absolute atomic E-state index is 2.32. The zero-order valence-corrected chi connectivity index (χ0v) is 22.9. The topological polar surface area (TPSA) is 0 Å². The zero-order chi connectivity index (χ0) is 25.6. The van der Waals surface area contributed by atoms with Crippen LogP contribution in [0.1, 0.15) is 65.0 Å². The van der Waals surface area contributed by atoms with E-state index in [1.165, 1.54) is 63.8 Å². The minimum absolute atomic E-state index is 0.949. The van der Waals surface area contributed by atoms with Crippen LogP contribution in [0.3, 0.4) is 0 Å². The Morgan fingerprint density at radius 1 is 0.543 bits per heavy atom. The normalized spacial score (nSPS) is 10.9. The van der Waals surface area contributed by atoms with E-state index in [4.69, 9.17) is 0 Å². The Bertz CT molecular complexity index is 1040. The van der Waals surface area contributed by atoms with Gasteiger partial charge in [0.1, 0.15) is 0 Å². The van der Waals surface area contributed by atoms with Crippen molar-refractivity contribution in [1.82, 2.24) is 0 Å². The Labute approximate surface area is 215 Å². The van der Waals surface area contributed by atoms with Crippen molar-refractivity contribution < 1.29 is 0 Å². The second-order valence-electron chi connectivity index (χ2n) is 9.09. The molecule has 0 nitrogen and oxygen atoms in total. The van der Waals surface area contributed by atoms with E-state index in [0.717, 1.165) is 5.92 Å². The quantitative estimate of drug-likeness (QED) is 0.266. The molecule has 1 atom stereocenters. The molecule has 0 saturated heterocycles. The van der Waals surface area contributed by atoms with E-state index in [-0.39, 0.29) is 0 Å². The highest BCUT2D eigenvalue weighted by Crippen LogP contribution is 2.34. The summed E-state index contributed by atoms with van der Waals surface area (Å²) < 4.78 is 0. The molecule has 1 unspecified atom stereocenters. The third-order valence-corrected chi connectivity index (χ3v) is 6.46. The number of aryl methyl sites for hydroxylation is 2. The Balaban J connectivity index is 0.000000416. The van der Waals surface area contributed by atoms with E-state index in [0.29, 0.717) is 0 Å². The fraction of sp³-hybridized carbons (Fsp3) is 0.314. The highest BCUT2D eigenvalue weighted by atomic mass is 14.1. The number of hydrogen-bond donors (Lipinski definition) is 0. The molecule has 0 aliphatic carbocycles. The fourth-order valence-electron chi connectivity index (χ4n) is 4.14. The van der Waals surface area contributed by atoms with E-state index < -0.39 is 0 Å². The first kappa shape index (κ1) is 28.1. The van der Waals surface area contributed by atoms with Crippen molar-refractivity contribution >= 4 is 0 Å². The van der Waals surface area contributed by atoms with Crippen LogP contribution >= 0.6 is 0 Å². The molecule has 4 aromatic carbocycles. The monoisotopic (exact) mass is 464 g/mol. The Morgan fingerprint density at radius 2 is 0.943 bits per heavy atom. The summed E-state index contributed by atoms with van der Waals surface area (Å²) in [5.74, 6) is 0.949. The molecule has 0 fully saturated rings. The van der Waals surface area contributed by atoms with Crippen LogP contribution < -0.4 is 0 Å². The molecule has 0 aliphatic heterocycles. The minimum atomic E-state index is 0.949. The first-order valence-corrected chi connectivity index (χ1v) is 13.4. The second-order valence-corrected chi connectivity index (χ2v) is 9.09. The SMILES string of the molecule is CC.CCCC(C)CC.Cc1ccc(-c2ccccc2)cc1-c1cc(-c2ccccc2)ccc1C. The molecule has 35 heavy (non-hydrogen) atoms. The Kier molecular flexibility index (Phi) is 12.0. The third-order valence-electron chi connectivity index (χ3n) is 6.46. The van der Waals surface area contributed by atoms with Crippen molar-refractivity contribution in [2.75, 3.05) is 0 Å². The van der Waals surface area contributed by atoms with Crippen LogP contribution in [-0.4, -0.2) is 0 Å². The molecule has 4 rings (SSSR count). The fourth-order valence-corrected chi connectivity index (χ4v) is 4.14. The third kappa shape index (κ3) is 8.25. The van der Waals surface area contributed by atoms with E-state index in [2.05, 4.69) is 132 Å². The summed E-state index contributed by atoms with van der Waals surface area (Å²) in [5, 5.41) is 0. The van der Waals surface area contributed by atoms with Gasteiger partial charge in [0.05, 0.1) is 0 Å². The number of hydrogen-bond acceptors (Lipinski definition) is 0. The van der Waals surface area contributed by atoms with Crippen molar-refractivity contribution in [3.63, 3.8) is 0 Å². The van der Waals surface area contributed by atoms with Gasteiger partial charge in [0.15, 0.2) is 0 Å². The molecule has 0 amide bonds. The number of rotatable bonds is 6. The second kappa shape index (κ2) is 15.0. The maximum atomic E-state index is 2.32. The van der Waals surface area contributed by atoms with Gasteiger partial charge in [-0.05, 0) is 76.4 Å². The summed E-state index contributed by atoms with van der Waals surface area (Å²) in [7, 11) is 0. The van der Waals surface area contributed by atoms with Crippen LogP contribution in [0.5, 0.6) is 0 Å². The standard InChI is InChI=1S/C26H22.C7H16.C2H6/c1-19-13-15-23(21-9-5-3-6-10-21)17-25(19)26-18-24(16-14-20(26)2)22-11-7-4-8-12-22;1-4-6-7(3)5-2;1-2/h3-18H,1-2H3;7H,4-6H2,1-3H3;1-2H3. The van der Waals surface area contributed by atoms with Crippen LogP contribution in [0.25, 0.3) is 33.4 Å². The van der Waals surface area contributed by atoms with Crippen LogP contribution in [0.2, 0.25) is 0 Å². The minimum Gasteiger partial charge on any atom is -0.0683 e. The van der Waals surface area contributed by atoms with Crippen molar-refractivity contribution in [3.8, 4) is 33.4 Å². The summed E-state index contributed by atoms with van der Waals surface area (Å²) in [4.78, 5) is 0. The molecule has 4 aromatic rings. The summed E-state index contributed by atoms with van der Waals surface area (Å²) in [6, 6.07) is 34.7. The van der Waals surface area contributed by atoms with Gasteiger partial charge in [-0.25, -0.2) is 0 Å². The highest BCUT2D eigenvalue weighted by Gasteiger charge is 2.09. The van der Waals surface area contributed by atoms with E-state index >= 15 is 0 Å². The average molecular weight is 465 g/mol. The van der Waals surface area contributed by atoms with Gasteiger partial charge in [0, 0.05) is 0 Å². The molecule has 0 aromatic heterocycles. The first-order chi connectivity index (χ1) is 17.0. The van der Waals surface area contributed by atoms with Gasteiger partial charge in [-0.2, -0.15) is 0 Å². The van der Waals surface area contributed by atoms with E-state index in [1.807, 2.05) is 13.8 Å². The average Bonchev–Trinajstić information content (AvgIpc) is 2.92. The Hall–Kier alpha value is -3.12. The first-order valence-electron chi connectivity index (χ1n) is 13.4. The van der Waals surface area contributed by atoms with Gasteiger partial charge in [0.25, 0.3) is 0 Å². The van der Waals surface area contributed by atoms with Gasteiger partial charge in [0.2, 0.25) is 0 Å². The molecular weight excluding hydrogens is 420 g/mol. The van der Waals surface area contributed by atoms with Crippen LogP contribution in [0.15, 0.2) is 97.1 Å². The lowest BCUT2D eigenvalue weighted by Crippen LogP contribution is -1.90. The van der Waals surface area contributed by atoms with Gasteiger partial charge < -0.3 is 0 Å². The Morgan fingerprint density at radius 3 is 1.26 bits per heavy atom. The summed E-state index contributed by atoms with van der Waals surface area (Å²) in [6.45, 7) is 15.2. The van der Waals surface area contributed by atoms with Gasteiger partial charge in [-0.15, -0.1) is 0 Å². The van der Waals surface area contributed by atoms with Crippen LogP contribution in [0.4, 0.5) is 0 Å². The maximum Gasteiger partial charge on any atom is -0.0146 e. The van der Waals surface area contributed by atoms with Gasteiger partial charge in [-0.3, -0.25) is 0 Å². The molecule has 184 valence electrons. The summed E-state index contributed by atoms with van der Waals surface area (Å²) >= 11 is 0. The van der Waals surface area contributed by atoms with E-state index in [1.54, 1.807) is 0 Å².